The predicted octanol–water partition coefficient (Wildman–Crippen LogP) is 2.90. The quantitative estimate of drug-likeness (QED) is 0.796. The number of ketones is 1. The van der Waals surface area contributed by atoms with E-state index in [1.54, 1.807) is 0 Å². The molecule has 2 rings (SSSR count). The van der Waals surface area contributed by atoms with Crippen LogP contribution in [0.25, 0.3) is 0 Å². The third-order valence-corrected chi connectivity index (χ3v) is 5.02. The highest BCUT2D eigenvalue weighted by atomic mass is 16.1. The molecule has 0 amide bonds. The van der Waals surface area contributed by atoms with E-state index < -0.39 is 0 Å². The molecule has 2 saturated carbocycles. The highest BCUT2D eigenvalue weighted by Gasteiger charge is 2.45. The summed E-state index contributed by atoms with van der Waals surface area (Å²) in [6, 6.07) is 0. The van der Waals surface area contributed by atoms with Crippen LogP contribution >= 0.6 is 0 Å². The first-order chi connectivity index (χ1) is 7.72. The van der Waals surface area contributed by atoms with Gasteiger partial charge in [-0.05, 0) is 44.4 Å². The molecular formula is C14H25NO. The molecule has 0 atom stereocenters. The number of nitrogens with two attached hydrogens (primary N) is 1. The monoisotopic (exact) mass is 223 g/mol. The van der Waals surface area contributed by atoms with E-state index in [-0.39, 0.29) is 5.41 Å². The van der Waals surface area contributed by atoms with E-state index in [9.17, 15) is 4.79 Å². The summed E-state index contributed by atoms with van der Waals surface area (Å²) < 4.78 is 0. The van der Waals surface area contributed by atoms with Crippen LogP contribution in [0.15, 0.2) is 0 Å². The molecule has 0 heterocycles. The Bertz CT molecular complexity index is 244. The van der Waals surface area contributed by atoms with Gasteiger partial charge in [-0.1, -0.05) is 19.8 Å². The zero-order valence-electron chi connectivity index (χ0n) is 10.5. The average molecular weight is 223 g/mol. The fraction of sp³-hybridized carbons (Fsp3) is 0.929. The molecule has 2 fully saturated rings. The first-order valence-corrected chi connectivity index (χ1v) is 6.96. The Labute approximate surface area is 99.0 Å². The van der Waals surface area contributed by atoms with E-state index in [2.05, 4.69) is 6.92 Å². The number of carbonyl (C=O) groups is 1. The minimum Gasteiger partial charge on any atom is -0.329 e. The van der Waals surface area contributed by atoms with E-state index >= 15 is 0 Å². The van der Waals surface area contributed by atoms with Crippen molar-refractivity contribution in [2.45, 2.75) is 58.3 Å². The van der Waals surface area contributed by atoms with Crippen molar-refractivity contribution in [1.82, 2.24) is 0 Å². The van der Waals surface area contributed by atoms with Crippen molar-refractivity contribution in [1.29, 1.82) is 0 Å². The third kappa shape index (κ3) is 2.04. The van der Waals surface area contributed by atoms with Gasteiger partial charge in [0.15, 0.2) is 0 Å². The fourth-order valence-electron chi connectivity index (χ4n) is 3.42. The van der Waals surface area contributed by atoms with Crippen LogP contribution in [0.1, 0.15) is 58.3 Å². The molecular weight excluding hydrogens is 198 g/mol. The minimum absolute atomic E-state index is 0.0935. The number of hydrogen-bond donors (Lipinski definition) is 1. The third-order valence-electron chi connectivity index (χ3n) is 5.02. The number of Topliss-reactive ketones (excluding diaryl/α,β-unsaturated/α-hetero) is 1. The summed E-state index contributed by atoms with van der Waals surface area (Å²) in [5.41, 5.74) is 5.72. The van der Waals surface area contributed by atoms with E-state index in [4.69, 9.17) is 5.73 Å². The maximum Gasteiger partial charge on any atom is 0.143 e. The van der Waals surface area contributed by atoms with Gasteiger partial charge in [0.05, 0.1) is 0 Å². The minimum atomic E-state index is -0.0935. The van der Waals surface area contributed by atoms with Gasteiger partial charge in [0, 0.05) is 17.9 Å². The average Bonchev–Trinajstić information content (AvgIpc) is 2.28. The number of rotatable bonds is 4. The zero-order chi connectivity index (χ0) is 11.6. The van der Waals surface area contributed by atoms with Gasteiger partial charge in [0.1, 0.15) is 5.78 Å². The van der Waals surface area contributed by atoms with Crippen molar-refractivity contribution in [3.63, 3.8) is 0 Å². The summed E-state index contributed by atoms with van der Waals surface area (Å²) in [6.45, 7) is 2.85. The van der Waals surface area contributed by atoms with Crippen molar-refractivity contribution in [2.75, 3.05) is 6.54 Å². The molecule has 0 spiro atoms. The molecule has 92 valence electrons. The molecule has 16 heavy (non-hydrogen) atoms. The van der Waals surface area contributed by atoms with Gasteiger partial charge in [-0.2, -0.15) is 0 Å². The lowest BCUT2D eigenvalue weighted by molar-refractivity contribution is -0.138. The fourth-order valence-corrected chi connectivity index (χ4v) is 3.42. The van der Waals surface area contributed by atoms with Gasteiger partial charge in [0.25, 0.3) is 0 Å². The molecule has 2 nitrogen and oxygen atoms in total. The summed E-state index contributed by atoms with van der Waals surface area (Å²) >= 11 is 0. The molecule has 2 N–H and O–H groups in total. The largest absolute Gasteiger partial charge is 0.329 e. The Morgan fingerprint density at radius 3 is 2.25 bits per heavy atom. The summed E-state index contributed by atoms with van der Waals surface area (Å²) in [7, 11) is 0. The second-order valence-corrected chi connectivity index (χ2v) is 5.83. The van der Waals surface area contributed by atoms with Crippen LogP contribution < -0.4 is 5.73 Å². The first kappa shape index (κ1) is 12.1. The second-order valence-electron chi connectivity index (χ2n) is 5.83. The molecule has 2 aliphatic carbocycles. The first-order valence-electron chi connectivity index (χ1n) is 6.96. The van der Waals surface area contributed by atoms with Crippen molar-refractivity contribution in [3.8, 4) is 0 Å². The van der Waals surface area contributed by atoms with Crippen LogP contribution in [0, 0.1) is 17.3 Å². The normalized spacial score (nSPS) is 33.1. The molecule has 0 bridgehead atoms. The lowest BCUT2D eigenvalue weighted by Crippen LogP contribution is -2.47. The smallest absolute Gasteiger partial charge is 0.143 e. The van der Waals surface area contributed by atoms with Gasteiger partial charge in [-0.25, -0.2) is 0 Å². The molecule has 2 heteroatoms. The van der Waals surface area contributed by atoms with Crippen LogP contribution in [0.4, 0.5) is 0 Å². The molecule has 0 aromatic carbocycles. The van der Waals surface area contributed by atoms with Crippen molar-refractivity contribution < 1.29 is 4.79 Å². The van der Waals surface area contributed by atoms with Gasteiger partial charge in [-0.3, -0.25) is 4.79 Å². The summed E-state index contributed by atoms with van der Waals surface area (Å²) in [5.74, 6) is 1.72. The van der Waals surface area contributed by atoms with Gasteiger partial charge in [0.2, 0.25) is 0 Å². The molecule has 0 radical (unpaired) electrons. The topological polar surface area (TPSA) is 43.1 Å². The van der Waals surface area contributed by atoms with E-state index in [1.165, 1.54) is 25.7 Å². The van der Waals surface area contributed by atoms with Crippen LogP contribution in [-0.2, 0) is 4.79 Å². The maximum absolute atomic E-state index is 12.4. The van der Waals surface area contributed by atoms with E-state index in [1.807, 2.05) is 0 Å². The Hall–Kier alpha value is -0.370. The highest BCUT2D eigenvalue weighted by molar-refractivity contribution is 5.88. The van der Waals surface area contributed by atoms with Crippen molar-refractivity contribution in [2.24, 2.45) is 23.0 Å². The lowest BCUT2D eigenvalue weighted by atomic mass is 9.61. The van der Waals surface area contributed by atoms with Crippen LogP contribution in [0.3, 0.4) is 0 Å². The molecule has 0 saturated heterocycles. The van der Waals surface area contributed by atoms with Crippen LogP contribution in [0.2, 0.25) is 0 Å². The Kier molecular flexibility index (Phi) is 3.68. The van der Waals surface area contributed by atoms with Gasteiger partial charge in [-0.15, -0.1) is 0 Å². The predicted molar refractivity (Wildman–Crippen MR) is 66.1 cm³/mol. The molecule has 0 aliphatic heterocycles. The van der Waals surface area contributed by atoms with Gasteiger partial charge >= 0.3 is 0 Å². The van der Waals surface area contributed by atoms with Crippen LogP contribution in [0.5, 0.6) is 0 Å². The van der Waals surface area contributed by atoms with Crippen molar-refractivity contribution in [3.05, 3.63) is 0 Å². The SMILES string of the molecule is CCC1CCC(C(=O)C2(CN)CCC2)CC1. The second kappa shape index (κ2) is 4.87. The molecule has 0 aromatic heterocycles. The molecule has 0 unspecified atom stereocenters. The Morgan fingerprint density at radius 1 is 1.25 bits per heavy atom. The summed E-state index contributed by atoms with van der Waals surface area (Å²) in [4.78, 5) is 12.4. The lowest BCUT2D eigenvalue weighted by Gasteiger charge is -2.43. The zero-order valence-corrected chi connectivity index (χ0v) is 10.5. The van der Waals surface area contributed by atoms with E-state index in [0.717, 1.165) is 31.6 Å². The van der Waals surface area contributed by atoms with Crippen molar-refractivity contribution >= 4 is 5.78 Å². The maximum atomic E-state index is 12.4. The number of carbonyl (C=O) groups excluding carboxylic acids is 1. The Balaban J connectivity index is 1.91. The highest BCUT2D eigenvalue weighted by Crippen LogP contribution is 2.45. The summed E-state index contributed by atoms with van der Waals surface area (Å²) in [5, 5.41) is 0. The summed E-state index contributed by atoms with van der Waals surface area (Å²) in [6.07, 6.45) is 9.35. The number of hydrogen-bond acceptors (Lipinski definition) is 2. The van der Waals surface area contributed by atoms with Gasteiger partial charge < -0.3 is 5.73 Å². The van der Waals surface area contributed by atoms with E-state index in [0.29, 0.717) is 18.2 Å². The standard InChI is InChI=1S/C14H25NO/c1-2-11-4-6-12(7-5-11)13(16)14(10-15)8-3-9-14/h11-12H,2-10,15H2,1H3. The van der Waals surface area contributed by atoms with Crippen LogP contribution in [-0.4, -0.2) is 12.3 Å². The molecule has 2 aliphatic rings. The molecule has 0 aromatic rings. The Morgan fingerprint density at radius 2 is 1.88 bits per heavy atom.